The number of aromatic hydroxyl groups is 1. The summed E-state index contributed by atoms with van der Waals surface area (Å²) in [5, 5.41) is 31.1. The summed E-state index contributed by atoms with van der Waals surface area (Å²) >= 11 is 0. The molecule has 2 N–H and O–H groups in total. The number of aromatic nitrogens is 6. The number of hydrogen-bond donors (Lipinski definition) is 2. The smallest absolute Gasteiger partial charge is 0.319 e. The fourth-order valence-electron chi connectivity index (χ4n) is 8.98. The molecule has 2 aromatic carbocycles. The molecule has 0 bridgehead atoms. The SMILES string of the molecule is CCc1c(F)ccc2c(F)c(O)cc(-c3c(F)c4nc(OC[C@@]56CCCN5C[C@H](F)C6)nc(N5CCCn6nc(C(O)N(C)C)cc6C5)c4c4ccnn34)c12. The first-order valence-corrected chi connectivity index (χ1v) is 18.7. The number of benzene rings is 2. The number of aryl methyl sites for hydroxylation is 2. The van der Waals surface area contributed by atoms with Crippen molar-refractivity contribution >= 4 is 33.0 Å². The molecule has 7 heterocycles. The van der Waals surface area contributed by atoms with Crippen LogP contribution < -0.4 is 9.64 Å². The molecule has 2 saturated heterocycles. The first-order valence-electron chi connectivity index (χ1n) is 18.7. The number of aliphatic hydroxyl groups excluding tert-OH is 1. The number of hydrogen-bond acceptors (Lipinski definition) is 10. The lowest BCUT2D eigenvalue weighted by Gasteiger charge is -2.31. The molecule has 4 aromatic heterocycles. The summed E-state index contributed by atoms with van der Waals surface area (Å²) in [6, 6.07) is 6.89. The van der Waals surface area contributed by atoms with E-state index in [0.29, 0.717) is 61.4 Å². The molecule has 0 spiro atoms. The fraction of sp³-hybridized carbons (Fsp3) is 0.436. The van der Waals surface area contributed by atoms with E-state index in [2.05, 4.69) is 20.1 Å². The molecule has 0 amide bonds. The molecule has 16 heteroatoms. The third-order valence-corrected chi connectivity index (χ3v) is 11.6. The summed E-state index contributed by atoms with van der Waals surface area (Å²) in [7, 11) is 3.52. The van der Waals surface area contributed by atoms with E-state index in [1.807, 2.05) is 15.6 Å². The number of phenols is 1. The molecule has 9 rings (SSSR count). The molecule has 0 radical (unpaired) electrons. The lowest BCUT2D eigenvalue weighted by Crippen LogP contribution is -2.43. The minimum absolute atomic E-state index is 0.0343. The van der Waals surface area contributed by atoms with Gasteiger partial charge >= 0.3 is 6.01 Å². The maximum atomic E-state index is 17.7. The van der Waals surface area contributed by atoms with Gasteiger partial charge in [0, 0.05) is 42.4 Å². The summed E-state index contributed by atoms with van der Waals surface area (Å²) in [6.07, 6.45) is 2.38. The zero-order chi connectivity index (χ0) is 38.3. The third-order valence-electron chi connectivity index (χ3n) is 11.6. The van der Waals surface area contributed by atoms with Crippen molar-refractivity contribution in [1.29, 1.82) is 0 Å². The molecule has 3 aliphatic rings. The Morgan fingerprint density at radius 2 is 1.87 bits per heavy atom. The normalized spacial score (nSPS) is 20.9. The Labute approximate surface area is 313 Å². The zero-order valence-corrected chi connectivity index (χ0v) is 30.7. The van der Waals surface area contributed by atoms with Crippen molar-refractivity contribution < 1.29 is 32.5 Å². The second-order valence-electron chi connectivity index (χ2n) is 15.2. The van der Waals surface area contributed by atoms with Crippen molar-refractivity contribution in [1.82, 2.24) is 39.2 Å². The van der Waals surface area contributed by atoms with E-state index >= 15 is 13.2 Å². The molecule has 12 nitrogen and oxygen atoms in total. The molecule has 55 heavy (non-hydrogen) atoms. The van der Waals surface area contributed by atoms with Crippen LogP contribution in [0.2, 0.25) is 0 Å². The van der Waals surface area contributed by atoms with Crippen molar-refractivity contribution in [2.75, 3.05) is 45.2 Å². The number of nitrogens with zero attached hydrogens (tertiary/aromatic N) is 9. The minimum atomic E-state index is -0.982. The first kappa shape index (κ1) is 35.6. The number of anilines is 1. The van der Waals surface area contributed by atoms with Gasteiger partial charge in [0.1, 0.15) is 41.3 Å². The van der Waals surface area contributed by atoms with Gasteiger partial charge < -0.3 is 19.8 Å². The van der Waals surface area contributed by atoms with Crippen LogP contribution in [0.4, 0.5) is 23.4 Å². The third kappa shape index (κ3) is 5.67. The number of aliphatic hydroxyl groups is 1. The van der Waals surface area contributed by atoms with Gasteiger partial charge in [-0.2, -0.15) is 20.2 Å². The van der Waals surface area contributed by atoms with Crippen LogP contribution in [0.5, 0.6) is 11.8 Å². The monoisotopic (exact) mass is 759 g/mol. The van der Waals surface area contributed by atoms with E-state index in [9.17, 15) is 14.6 Å². The highest BCUT2D eigenvalue weighted by Gasteiger charge is 2.49. The highest BCUT2D eigenvalue weighted by Crippen LogP contribution is 2.44. The molecule has 0 saturated carbocycles. The van der Waals surface area contributed by atoms with Crippen molar-refractivity contribution in [2.24, 2.45) is 0 Å². The Balaban J connectivity index is 1.26. The first-order chi connectivity index (χ1) is 26.5. The van der Waals surface area contributed by atoms with E-state index in [1.165, 1.54) is 16.8 Å². The lowest BCUT2D eigenvalue weighted by molar-refractivity contribution is 0.0352. The second kappa shape index (κ2) is 13.3. The molecule has 6 aromatic rings. The van der Waals surface area contributed by atoms with E-state index in [0.717, 1.165) is 37.2 Å². The van der Waals surface area contributed by atoms with Crippen LogP contribution in [0, 0.1) is 17.5 Å². The van der Waals surface area contributed by atoms with Gasteiger partial charge in [-0.05, 0) is 82.2 Å². The van der Waals surface area contributed by atoms with Gasteiger partial charge in [-0.1, -0.05) is 6.92 Å². The predicted molar refractivity (Wildman–Crippen MR) is 197 cm³/mol. The number of pyridine rings is 1. The number of ether oxygens (including phenoxy) is 1. The van der Waals surface area contributed by atoms with Crippen LogP contribution in [-0.2, 0) is 19.5 Å². The van der Waals surface area contributed by atoms with Crippen LogP contribution >= 0.6 is 0 Å². The Hall–Kier alpha value is -5.06. The second-order valence-corrected chi connectivity index (χ2v) is 15.2. The van der Waals surface area contributed by atoms with E-state index in [-0.39, 0.29) is 52.1 Å². The van der Waals surface area contributed by atoms with Crippen LogP contribution in [-0.4, -0.2) is 101 Å². The van der Waals surface area contributed by atoms with Crippen molar-refractivity contribution in [3.8, 4) is 23.0 Å². The maximum Gasteiger partial charge on any atom is 0.319 e. The summed E-state index contributed by atoms with van der Waals surface area (Å²) in [5.74, 6) is -2.77. The summed E-state index contributed by atoms with van der Waals surface area (Å²) in [4.78, 5) is 15.4. The Morgan fingerprint density at radius 1 is 1.04 bits per heavy atom. The van der Waals surface area contributed by atoms with E-state index in [4.69, 9.17) is 9.72 Å². The summed E-state index contributed by atoms with van der Waals surface area (Å²) in [6.45, 7) is 4.29. The maximum absolute atomic E-state index is 17.7. The van der Waals surface area contributed by atoms with Crippen molar-refractivity contribution in [3.05, 3.63) is 70.9 Å². The van der Waals surface area contributed by atoms with Crippen LogP contribution in [0.1, 0.15) is 55.8 Å². The van der Waals surface area contributed by atoms with E-state index in [1.54, 1.807) is 32.0 Å². The summed E-state index contributed by atoms with van der Waals surface area (Å²) in [5.41, 5.74) is 1.11. The van der Waals surface area contributed by atoms with Crippen molar-refractivity contribution in [3.63, 3.8) is 0 Å². The van der Waals surface area contributed by atoms with Crippen LogP contribution in [0.3, 0.4) is 0 Å². The van der Waals surface area contributed by atoms with Gasteiger partial charge in [-0.25, -0.2) is 22.1 Å². The lowest BCUT2D eigenvalue weighted by atomic mass is 9.93. The summed E-state index contributed by atoms with van der Waals surface area (Å²) < 4.78 is 72.7. The standard InChI is InChI=1S/C39H41F4N9O3/c1-4-23-26(41)8-7-24-30(23)25(16-29(53)32(24)42)35-33(43)34-31(28-9-11-44-52(28)35)36(46-38(45-34)55-20-39-10-5-13-50(39)18-21(40)17-39)49-12-6-14-51-22(19-49)15-27(47-51)37(54)48(2)3/h7-9,11,15-16,21,37,53-54H,4-6,10,12-14,17-20H2,1-3H3/t21-,37?,39+/m1/s1. The topological polar surface area (TPSA) is 120 Å². The number of halogens is 4. The molecule has 2 fully saturated rings. The highest BCUT2D eigenvalue weighted by molar-refractivity contribution is 6.07. The number of fused-ring (bicyclic) bond motifs is 6. The molecule has 288 valence electrons. The number of phenolic OH excluding ortho intramolecular Hbond substituents is 1. The van der Waals surface area contributed by atoms with E-state index < -0.39 is 41.1 Å². The van der Waals surface area contributed by atoms with Gasteiger partial charge in [-0.3, -0.25) is 14.5 Å². The largest absolute Gasteiger partial charge is 0.505 e. The van der Waals surface area contributed by atoms with Gasteiger partial charge in [0.2, 0.25) is 0 Å². The zero-order valence-electron chi connectivity index (χ0n) is 30.7. The molecular weight excluding hydrogens is 718 g/mol. The Bertz CT molecular complexity index is 2490. The highest BCUT2D eigenvalue weighted by atomic mass is 19.1. The number of rotatable bonds is 8. The van der Waals surface area contributed by atoms with Crippen LogP contribution in [0.15, 0.2) is 36.5 Å². The molecular formula is C39H41F4N9O3. The van der Waals surface area contributed by atoms with Crippen molar-refractivity contribution in [2.45, 2.75) is 70.1 Å². The molecule has 3 aliphatic heterocycles. The molecule has 3 atom stereocenters. The minimum Gasteiger partial charge on any atom is -0.505 e. The molecule has 1 unspecified atom stereocenters. The van der Waals surface area contributed by atoms with Gasteiger partial charge in [0.25, 0.3) is 0 Å². The fourth-order valence-corrected chi connectivity index (χ4v) is 8.98. The number of alkyl halides is 1. The van der Waals surface area contributed by atoms with Gasteiger partial charge in [-0.15, -0.1) is 0 Å². The average Bonchev–Trinajstić information content (AvgIpc) is 3.93. The van der Waals surface area contributed by atoms with Gasteiger partial charge in [0.15, 0.2) is 23.6 Å². The van der Waals surface area contributed by atoms with Crippen LogP contribution in [0.25, 0.3) is 38.4 Å². The predicted octanol–water partition coefficient (Wildman–Crippen LogP) is 5.90. The average molecular weight is 760 g/mol. The Morgan fingerprint density at radius 3 is 2.67 bits per heavy atom. The molecule has 0 aliphatic carbocycles. The van der Waals surface area contributed by atoms with Gasteiger partial charge in [0.05, 0.1) is 34.9 Å². The Kier molecular flexibility index (Phi) is 8.62. The quantitative estimate of drug-likeness (QED) is 0.144.